The quantitative estimate of drug-likeness (QED) is 0.205. The average molecular weight is 500 g/mol. The Kier molecular flexibility index (Phi) is 9.58. The molecule has 0 bridgehead atoms. The molecule has 1 N–H and O–H groups in total. The number of amides is 1. The summed E-state index contributed by atoms with van der Waals surface area (Å²) < 4.78 is 13.6. The van der Waals surface area contributed by atoms with Gasteiger partial charge < -0.3 is 19.4 Å². The molecule has 0 atom stereocenters. The van der Waals surface area contributed by atoms with Gasteiger partial charge in [-0.2, -0.15) is 0 Å². The highest BCUT2D eigenvalue weighted by molar-refractivity contribution is 5.96. The monoisotopic (exact) mass is 499 g/mol. The van der Waals surface area contributed by atoms with Gasteiger partial charge in [-0.3, -0.25) is 4.79 Å². The fourth-order valence-electron chi connectivity index (χ4n) is 4.55. The van der Waals surface area contributed by atoms with Crippen LogP contribution in [-0.2, 0) is 13.0 Å². The molecule has 0 aliphatic rings. The molecule has 0 aliphatic carbocycles. The third-order valence-electron chi connectivity index (χ3n) is 6.48. The number of hydrogen-bond acceptors (Lipinski definition) is 4. The number of imidazole rings is 1. The number of unbranched alkanes of at least 4 members (excludes halogenated alkanes) is 3. The van der Waals surface area contributed by atoms with Crippen molar-refractivity contribution in [2.75, 3.05) is 20.3 Å². The molecule has 1 aromatic heterocycles. The number of nitrogens with zero attached hydrogens (tertiary/aromatic N) is 2. The lowest BCUT2D eigenvalue weighted by Crippen LogP contribution is -2.24. The highest BCUT2D eigenvalue weighted by Gasteiger charge is 2.12. The first-order chi connectivity index (χ1) is 18.2. The topological polar surface area (TPSA) is 65.4 Å². The summed E-state index contributed by atoms with van der Waals surface area (Å²) in [7, 11) is 1.58. The van der Waals surface area contributed by atoms with Gasteiger partial charge in [0, 0.05) is 19.5 Å². The van der Waals surface area contributed by atoms with Crippen LogP contribution in [0.1, 0.15) is 53.8 Å². The normalized spacial score (nSPS) is 11.0. The van der Waals surface area contributed by atoms with Gasteiger partial charge in [-0.15, -0.1) is 0 Å². The fourth-order valence-corrected chi connectivity index (χ4v) is 4.55. The van der Waals surface area contributed by atoms with Crippen molar-refractivity contribution in [1.82, 2.24) is 14.9 Å². The number of rotatable bonds is 14. The molecule has 0 unspecified atom stereocenters. The van der Waals surface area contributed by atoms with E-state index in [9.17, 15) is 4.79 Å². The minimum Gasteiger partial charge on any atom is -0.496 e. The van der Waals surface area contributed by atoms with Crippen LogP contribution in [0.15, 0.2) is 72.8 Å². The Hall–Kier alpha value is -3.80. The summed E-state index contributed by atoms with van der Waals surface area (Å²) in [5.41, 5.74) is 4.03. The van der Waals surface area contributed by atoms with Gasteiger partial charge in [-0.1, -0.05) is 42.8 Å². The number of aromatic nitrogens is 2. The molecular formula is C31H37N3O3. The van der Waals surface area contributed by atoms with Gasteiger partial charge in [0.25, 0.3) is 5.91 Å². The highest BCUT2D eigenvalue weighted by atomic mass is 16.5. The second-order valence-corrected chi connectivity index (χ2v) is 9.31. The lowest BCUT2D eigenvalue weighted by atomic mass is 10.1. The lowest BCUT2D eigenvalue weighted by molar-refractivity contribution is 0.0950. The Labute approximate surface area is 219 Å². The van der Waals surface area contributed by atoms with Crippen molar-refractivity contribution in [1.29, 1.82) is 0 Å². The van der Waals surface area contributed by atoms with Crippen LogP contribution in [0.2, 0.25) is 0 Å². The number of carbonyl (C=O) groups excluding carboxylic acids is 1. The van der Waals surface area contributed by atoms with Crippen molar-refractivity contribution in [3.63, 3.8) is 0 Å². The van der Waals surface area contributed by atoms with Crippen LogP contribution in [0, 0.1) is 6.92 Å². The zero-order chi connectivity index (χ0) is 25.9. The van der Waals surface area contributed by atoms with Crippen molar-refractivity contribution in [3.8, 4) is 11.5 Å². The molecule has 0 saturated heterocycles. The third kappa shape index (κ3) is 7.35. The first-order valence-corrected chi connectivity index (χ1v) is 13.2. The van der Waals surface area contributed by atoms with E-state index in [2.05, 4.69) is 47.1 Å². The standard InChI is InChI=1S/C31H37N3O3/c1-24-13-12-14-25(23-24)37-22-11-10-21-34-28-17-7-6-16-27(28)33-30(34)19-4-3-9-20-32-31(35)26-15-5-8-18-29(26)36-2/h5-8,12-18,23H,3-4,9-11,19-22H2,1-2H3,(H,32,35). The lowest BCUT2D eigenvalue weighted by Gasteiger charge is -2.11. The Morgan fingerprint density at radius 3 is 2.62 bits per heavy atom. The van der Waals surface area contributed by atoms with Crippen LogP contribution in [0.5, 0.6) is 11.5 Å². The van der Waals surface area contributed by atoms with E-state index in [4.69, 9.17) is 14.5 Å². The summed E-state index contributed by atoms with van der Waals surface area (Å²) in [6.45, 7) is 4.37. The molecule has 0 fully saturated rings. The van der Waals surface area contributed by atoms with Crippen LogP contribution in [0.3, 0.4) is 0 Å². The largest absolute Gasteiger partial charge is 0.496 e. The van der Waals surface area contributed by atoms with Crippen LogP contribution in [0.25, 0.3) is 11.0 Å². The van der Waals surface area contributed by atoms with E-state index in [1.54, 1.807) is 19.2 Å². The second-order valence-electron chi connectivity index (χ2n) is 9.31. The van der Waals surface area contributed by atoms with Gasteiger partial charge in [0.2, 0.25) is 0 Å². The summed E-state index contributed by atoms with van der Waals surface area (Å²) in [6.07, 6.45) is 5.94. The molecule has 1 heterocycles. The number of benzene rings is 3. The Bertz CT molecular complexity index is 1300. The minimum absolute atomic E-state index is 0.0920. The predicted octanol–water partition coefficient (Wildman–Crippen LogP) is 6.36. The zero-order valence-corrected chi connectivity index (χ0v) is 21.9. The van der Waals surface area contributed by atoms with Gasteiger partial charge in [-0.05, 0) is 74.6 Å². The number of carbonyl (C=O) groups is 1. The number of hydrogen-bond donors (Lipinski definition) is 1. The van der Waals surface area contributed by atoms with E-state index in [1.165, 1.54) is 11.1 Å². The maximum atomic E-state index is 12.5. The molecule has 37 heavy (non-hydrogen) atoms. The van der Waals surface area contributed by atoms with Crippen LogP contribution >= 0.6 is 0 Å². The van der Waals surface area contributed by atoms with E-state index in [0.29, 0.717) is 24.5 Å². The molecule has 194 valence electrons. The smallest absolute Gasteiger partial charge is 0.255 e. The van der Waals surface area contributed by atoms with E-state index in [0.717, 1.165) is 62.2 Å². The van der Waals surface area contributed by atoms with Crippen molar-refractivity contribution in [2.24, 2.45) is 0 Å². The number of para-hydroxylation sites is 3. The Morgan fingerprint density at radius 2 is 1.76 bits per heavy atom. The van der Waals surface area contributed by atoms with Gasteiger partial charge in [0.15, 0.2) is 0 Å². The summed E-state index contributed by atoms with van der Waals surface area (Å²) in [5, 5.41) is 3.01. The van der Waals surface area contributed by atoms with E-state index >= 15 is 0 Å². The van der Waals surface area contributed by atoms with Gasteiger partial charge >= 0.3 is 0 Å². The van der Waals surface area contributed by atoms with E-state index in [-0.39, 0.29) is 5.91 Å². The number of nitrogens with one attached hydrogen (secondary N) is 1. The molecule has 6 heteroatoms. The molecule has 0 aliphatic heterocycles. The third-order valence-corrected chi connectivity index (χ3v) is 6.48. The number of fused-ring (bicyclic) bond motifs is 1. The van der Waals surface area contributed by atoms with Gasteiger partial charge in [0.05, 0.1) is 30.3 Å². The zero-order valence-electron chi connectivity index (χ0n) is 21.9. The predicted molar refractivity (Wildman–Crippen MR) is 149 cm³/mol. The summed E-state index contributed by atoms with van der Waals surface area (Å²) in [4.78, 5) is 17.4. The SMILES string of the molecule is COc1ccccc1C(=O)NCCCCCc1nc2ccccc2n1CCCCOc1cccc(C)c1. The Morgan fingerprint density at radius 1 is 0.919 bits per heavy atom. The maximum Gasteiger partial charge on any atom is 0.255 e. The minimum atomic E-state index is -0.0920. The summed E-state index contributed by atoms with van der Waals surface area (Å²) >= 11 is 0. The van der Waals surface area contributed by atoms with Crippen LogP contribution in [-0.4, -0.2) is 35.7 Å². The molecule has 4 rings (SSSR count). The first kappa shape index (κ1) is 26.3. The van der Waals surface area contributed by atoms with Crippen LogP contribution in [0.4, 0.5) is 0 Å². The molecule has 0 radical (unpaired) electrons. The summed E-state index contributed by atoms with van der Waals surface area (Å²) in [5.74, 6) is 2.58. The molecule has 1 amide bonds. The van der Waals surface area contributed by atoms with Crippen molar-refractivity contribution in [2.45, 2.75) is 52.0 Å². The van der Waals surface area contributed by atoms with Crippen molar-refractivity contribution < 1.29 is 14.3 Å². The van der Waals surface area contributed by atoms with Crippen molar-refractivity contribution >= 4 is 16.9 Å². The Balaban J connectivity index is 1.22. The summed E-state index contributed by atoms with van der Waals surface area (Å²) in [6, 6.07) is 23.9. The van der Waals surface area contributed by atoms with Crippen molar-refractivity contribution in [3.05, 3.63) is 89.7 Å². The molecule has 0 saturated carbocycles. The first-order valence-electron chi connectivity index (χ1n) is 13.2. The molecule has 0 spiro atoms. The van der Waals surface area contributed by atoms with E-state index in [1.807, 2.05) is 30.3 Å². The molecular weight excluding hydrogens is 462 g/mol. The maximum absolute atomic E-state index is 12.5. The molecule has 4 aromatic rings. The van der Waals surface area contributed by atoms with E-state index < -0.39 is 0 Å². The number of ether oxygens (including phenoxy) is 2. The average Bonchev–Trinajstić information content (AvgIpc) is 3.27. The highest BCUT2D eigenvalue weighted by Crippen LogP contribution is 2.20. The number of methoxy groups -OCH3 is 1. The second kappa shape index (κ2) is 13.5. The number of aryl methyl sites for hydroxylation is 3. The molecule has 3 aromatic carbocycles. The fraction of sp³-hybridized carbons (Fsp3) is 0.355. The molecule has 6 nitrogen and oxygen atoms in total. The van der Waals surface area contributed by atoms with Gasteiger partial charge in [0.1, 0.15) is 17.3 Å². The van der Waals surface area contributed by atoms with Gasteiger partial charge in [-0.25, -0.2) is 4.98 Å². The van der Waals surface area contributed by atoms with Crippen LogP contribution < -0.4 is 14.8 Å².